The Morgan fingerprint density at radius 3 is 2.59 bits per heavy atom. The molecule has 1 amide bonds. The Labute approximate surface area is 192 Å². The molecule has 0 N–H and O–H groups in total. The van der Waals surface area contributed by atoms with Gasteiger partial charge >= 0.3 is 0 Å². The van der Waals surface area contributed by atoms with E-state index in [1.165, 1.54) is 0 Å². The Morgan fingerprint density at radius 2 is 1.88 bits per heavy atom. The highest BCUT2D eigenvalue weighted by molar-refractivity contribution is 6.30. The maximum absolute atomic E-state index is 12.8. The van der Waals surface area contributed by atoms with Crippen molar-refractivity contribution in [1.29, 1.82) is 0 Å². The molecule has 32 heavy (non-hydrogen) atoms. The summed E-state index contributed by atoms with van der Waals surface area (Å²) in [7, 11) is 0. The third kappa shape index (κ3) is 5.87. The molecule has 0 aliphatic carbocycles. The quantitative estimate of drug-likeness (QED) is 0.536. The molecule has 2 heterocycles. The third-order valence-corrected chi connectivity index (χ3v) is 5.53. The van der Waals surface area contributed by atoms with Crippen LogP contribution in [-0.2, 0) is 17.8 Å². The number of amides is 1. The topological polar surface area (TPSA) is 71.7 Å². The zero-order chi connectivity index (χ0) is 22.5. The second-order valence-electron chi connectivity index (χ2n) is 8.17. The lowest BCUT2D eigenvalue weighted by atomic mass is 10.1. The third-order valence-electron chi connectivity index (χ3n) is 5.28. The normalized spacial score (nSPS) is 14.7. The van der Waals surface area contributed by atoms with Crippen molar-refractivity contribution in [3.8, 4) is 17.1 Å². The summed E-state index contributed by atoms with van der Waals surface area (Å²) in [6.07, 6.45) is 0.485. The molecule has 4 rings (SSSR count). The maximum atomic E-state index is 12.8. The van der Waals surface area contributed by atoms with Crippen LogP contribution in [0.25, 0.3) is 11.4 Å². The maximum Gasteiger partial charge on any atom is 0.241 e. The van der Waals surface area contributed by atoms with Gasteiger partial charge in [-0.15, -0.1) is 0 Å². The zero-order valence-corrected chi connectivity index (χ0v) is 19.1. The van der Waals surface area contributed by atoms with Gasteiger partial charge in [0.1, 0.15) is 5.75 Å². The molecule has 2 aromatic carbocycles. The van der Waals surface area contributed by atoms with Crippen molar-refractivity contribution in [3.05, 3.63) is 65.0 Å². The minimum Gasteiger partial charge on any atom is -0.491 e. The standard InChI is InChI=1S/C24H27ClN4O3/c1-17(2)31-21-5-3-4-18(14-21)15-23(30)29-12-10-28(11-13-29)16-22-26-24(27-32-22)19-6-8-20(25)9-7-19/h3-9,14,17H,10-13,15-16H2,1-2H3. The first kappa shape index (κ1) is 22.3. The van der Waals surface area contributed by atoms with Gasteiger partial charge in [0.05, 0.1) is 19.1 Å². The number of benzene rings is 2. The van der Waals surface area contributed by atoms with E-state index in [0.717, 1.165) is 30.0 Å². The average molecular weight is 455 g/mol. The second-order valence-corrected chi connectivity index (χ2v) is 8.60. The molecule has 168 valence electrons. The van der Waals surface area contributed by atoms with Gasteiger partial charge in [0, 0.05) is 36.8 Å². The van der Waals surface area contributed by atoms with Crippen molar-refractivity contribution in [3.63, 3.8) is 0 Å². The lowest BCUT2D eigenvalue weighted by Crippen LogP contribution is -2.48. The lowest BCUT2D eigenvalue weighted by Gasteiger charge is -2.34. The predicted molar refractivity (Wildman–Crippen MR) is 123 cm³/mol. The molecular formula is C24H27ClN4O3. The van der Waals surface area contributed by atoms with Crippen LogP contribution >= 0.6 is 11.6 Å². The van der Waals surface area contributed by atoms with Crippen LogP contribution in [-0.4, -0.2) is 58.1 Å². The molecule has 0 spiro atoms. The van der Waals surface area contributed by atoms with Crippen molar-refractivity contribution in [2.75, 3.05) is 26.2 Å². The van der Waals surface area contributed by atoms with Crippen LogP contribution in [0.4, 0.5) is 0 Å². The first-order chi connectivity index (χ1) is 15.5. The molecule has 1 fully saturated rings. The molecule has 3 aromatic rings. The van der Waals surface area contributed by atoms with Gasteiger partial charge in [-0.05, 0) is 55.8 Å². The van der Waals surface area contributed by atoms with Crippen molar-refractivity contribution in [2.24, 2.45) is 0 Å². The van der Waals surface area contributed by atoms with E-state index in [9.17, 15) is 4.79 Å². The van der Waals surface area contributed by atoms with Gasteiger partial charge in [-0.25, -0.2) is 0 Å². The Morgan fingerprint density at radius 1 is 1.12 bits per heavy atom. The van der Waals surface area contributed by atoms with Crippen LogP contribution in [0.3, 0.4) is 0 Å². The van der Waals surface area contributed by atoms with E-state index in [-0.39, 0.29) is 12.0 Å². The number of halogens is 1. The monoisotopic (exact) mass is 454 g/mol. The van der Waals surface area contributed by atoms with Crippen LogP contribution in [0.1, 0.15) is 25.3 Å². The van der Waals surface area contributed by atoms with E-state index in [4.69, 9.17) is 20.9 Å². The molecule has 0 atom stereocenters. The highest BCUT2D eigenvalue weighted by Crippen LogP contribution is 2.20. The molecular weight excluding hydrogens is 428 g/mol. The number of hydrogen-bond acceptors (Lipinski definition) is 6. The summed E-state index contributed by atoms with van der Waals surface area (Å²) in [5, 5.41) is 4.73. The van der Waals surface area contributed by atoms with Gasteiger partial charge in [-0.1, -0.05) is 28.9 Å². The summed E-state index contributed by atoms with van der Waals surface area (Å²) in [4.78, 5) is 21.4. The van der Waals surface area contributed by atoms with E-state index < -0.39 is 0 Å². The number of carbonyl (C=O) groups is 1. The van der Waals surface area contributed by atoms with E-state index in [0.29, 0.717) is 42.8 Å². The average Bonchev–Trinajstić information content (AvgIpc) is 3.23. The van der Waals surface area contributed by atoms with Crippen molar-refractivity contribution in [2.45, 2.75) is 32.9 Å². The first-order valence-corrected chi connectivity index (χ1v) is 11.2. The minimum absolute atomic E-state index is 0.107. The van der Waals surface area contributed by atoms with Gasteiger partial charge in [0.15, 0.2) is 0 Å². The molecule has 1 aliphatic rings. The number of rotatable bonds is 7. The number of aromatic nitrogens is 2. The zero-order valence-electron chi connectivity index (χ0n) is 18.3. The van der Waals surface area contributed by atoms with Gasteiger partial charge in [-0.2, -0.15) is 4.98 Å². The van der Waals surface area contributed by atoms with Gasteiger partial charge in [0.2, 0.25) is 17.6 Å². The van der Waals surface area contributed by atoms with Crippen LogP contribution in [0.2, 0.25) is 5.02 Å². The van der Waals surface area contributed by atoms with Crippen molar-refractivity contribution in [1.82, 2.24) is 19.9 Å². The Balaban J connectivity index is 1.27. The van der Waals surface area contributed by atoms with E-state index in [1.807, 2.05) is 55.1 Å². The van der Waals surface area contributed by atoms with Gasteiger partial charge in [-0.3, -0.25) is 9.69 Å². The van der Waals surface area contributed by atoms with E-state index in [1.54, 1.807) is 12.1 Å². The molecule has 1 aliphatic heterocycles. The van der Waals surface area contributed by atoms with Crippen LogP contribution in [0, 0.1) is 0 Å². The van der Waals surface area contributed by atoms with Crippen LogP contribution in [0.15, 0.2) is 53.1 Å². The molecule has 0 unspecified atom stereocenters. The lowest BCUT2D eigenvalue weighted by molar-refractivity contribution is -0.132. The largest absolute Gasteiger partial charge is 0.491 e. The molecule has 8 heteroatoms. The van der Waals surface area contributed by atoms with Gasteiger partial charge in [0.25, 0.3) is 0 Å². The van der Waals surface area contributed by atoms with Crippen LogP contribution in [0.5, 0.6) is 5.75 Å². The highest BCUT2D eigenvalue weighted by atomic mass is 35.5. The fraction of sp³-hybridized carbons (Fsp3) is 0.375. The summed E-state index contributed by atoms with van der Waals surface area (Å²) >= 11 is 5.93. The van der Waals surface area contributed by atoms with Crippen molar-refractivity contribution < 1.29 is 14.1 Å². The number of carbonyl (C=O) groups excluding carboxylic acids is 1. The fourth-order valence-corrected chi connectivity index (χ4v) is 3.80. The first-order valence-electron chi connectivity index (χ1n) is 10.8. The Hall–Kier alpha value is -2.90. The smallest absolute Gasteiger partial charge is 0.241 e. The van der Waals surface area contributed by atoms with E-state index >= 15 is 0 Å². The summed E-state index contributed by atoms with van der Waals surface area (Å²) in [5.74, 6) is 2.05. The molecule has 7 nitrogen and oxygen atoms in total. The molecule has 1 aromatic heterocycles. The summed E-state index contributed by atoms with van der Waals surface area (Å²) in [6, 6.07) is 15.1. The molecule has 0 saturated carbocycles. The van der Waals surface area contributed by atoms with E-state index in [2.05, 4.69) is 15.0 Å². The molecule has 1 saturated heterocycles. The van der Waals surface area contributed by atoms with Crippen LogP contribution < -0.4 is 4.74 Å². The predicted octanol–water partition coefficient (Wildman–Crippen LogP) is 4.06. The number of nitrogens with zero attached hydrogens (tertiary/aromatic N) is 4. The van der Waals surface area contributed by atoms with Gasteiger partial charge < -0.3 is 14.2 Å². The number of hydrogen-bond donors (Lipinski definition) is 0. The van der Waals surface area contributed by atoms with Crippen molar-refractivity contribution >= 4 is 17.5 Å². The summed E-state index contributed by atoms with van der Waals surface area (Å²) in [6.45, 7) is 7.44. The second kappa shape index (κ2) is 10.1. The molecule has 0 radical (unpaired) electrons. The minimum atomic E-state index is 0.107. The Bertz CT molecular complexity index is 1040. The summed E-state index contributed by atoms with van der Waals surface area (Å²) in [5.41, 5.74) is 1.83. The molecule has 0 bridgehead atoms. The number of piperazine rings is 1. The fourth-order valence-electron chi connectivity index (χ4n) is 3.67. The SMILES string of the molecule is CC(C)Oc1cccc(CC(=O)N2CCN(Cc3nc(-c4ccc(Cl)cc4)no3)CC2)c1. The highest BCUT2D eigenvalue weighted by Gasteiger charge is 2.23. The Kier molecular flexibility index (Phi) is 7.07. The summed E-state index contributed by atoms with van der Waals surface area (Å²) < 4.78 is 11.1. The number of ether oxygens (including phenoxy) is 1.